The molecule has 0 aliphatic carbocycles. The Kier molecular flexibility index (Phi) is 2.51. The van der Waals surface area contributed by atoms with Crippen molar-refractivity contribution in [3.8, 4) is 0 Å². The van der Waals surface area contributed by atoms with Gasteiger partial charge in [0.25, 0.3) is 0 Å². The van der Waals surface area contributed by atoms with Crippen molar-refractivity contribution in [2.24, 2.45) is 5.14 Å². The molecule has 0 aromatic carbocycles. The molecular weight excluding hydrogens is 166 g/mol. The fourth-order valence-corrected chi connectivity index (χ4v) is 1.85. The van der Waals surface area contributed by atoms with E-state index >= 15 is 0 Å². The molecule has 1 saturated heterocycles. The quantitative estimate of drug-likeness (QED) is 0.608. The van der Waals surface area contributed by atoms with Crippen LogP contribution in [-0.2, 0) is 14.8 Å². The van der Waals surface area contributed by atoms with E-state index in [0.29, 0.717) is 6.42 Å². The van der Waals surface area contributed by atoms with E-state index in [1.807, 2.05) is 6.92 Å². The van der Waals surface area contributed by atoms with E-state index in [2.05, 4.69) is 0 Å². The maximum atomic E-state index is 10.8. The van der Waals surface area contributed by atoms with Gasteiger partial charge in [-0.1, -0.05) is 0 Å². The number of sulfonamides is 1. The summed E-state index contributed by atoms with van der Waals surface area (Å²) in [7, 11) is -3.37. The van der Waals surface area contributed by atoms with Crippen molar-refractivity contribution in [1.82, 2.24) is 0 Å². The first kappa shape index (κ1) is 8.96. The second-order valence-corrected chi connectivity index (χ2v) is 4.78. The van der Waals surface area contributed by atoms with E-state index in [4.69, 9.17) is 9.88 Å². The second kappa shape index (κ2) is 3.08. The van der Waals surface area contributed by atoms with E-state index in [1.165, 1.54) is 0 Å². The lowest BCUT2D eigenvalue weighted by Gasteiger charge is -2.24. The molecule has 0 aromatic rings. The Morgan fingerprint density at radius 3 is 2.45 bits per heavy atom. The van der Waals surface area contributed by atoms with Crippen molar-refractivity contribution >= 4 is 10.0 Å². The van der Waals surface area contributed by atoms with Crippen molar-refractivity contribution < 1.29 is 13.2 Å². The van der Waals surface area contributed by atoms with Crippen molar-refractivity contribution in [3.63, 3.8) is 0 Å². The van der Waals surface area contributed by atoms with Gasteiger partial charge in [0.15, 0.2) is 0 Å². The van der Waals surface area contributed by atoms with Crippen LogP contribution in [0.25, 0.3) is 0 Å². The SMILES string of the molecule is CC1CCC(S(N)(=O)=O)CO1. The van der Waals surface area contributed by atoms with Gasteiger partial charge in [-0.15, -0.1) is 0 Å². The molecule has 1 fully saturated rings. The molecule has 66 valence electrons. The number of primary sulfonamides is 1. The normalized spacial score (nSPS) is 33.6. The molecule has 1 aliphatic rings. The van der Waals surface area contributed by atoms with Crippen LogP contribution >= 0.6 is 0 Å². The van der Waals surface area contributed by atoms with E-state index in [-0.39, 0.29) is 12.7 Å². The highest BCUT2D eigenvalue weighted by Crippen LogP contribution is 2.16. The van der Waals surface area contributed by atoms with Crippen LogP contribution in [0.5, 0.6) is 0 Å². The predicted molar refractivity (Wildman–Crippen MR) is 41.5 cm³/mol. The third-order valence-corrected chi connectivity index (χ3v) is 3.23. The first-order valence-corrected chi connectivity index (χ1v) is 5.24. The molecule has 2 N–H and O–H groups in total. The molecule has 2 atom stereocenters. The summed E-state index contributed by atoms with van der Waals surface area (Å²) in [6.07, 6.45) is 1.58. The molecule has 1 heterocycles. The Morgan fingerprint density at radius 2 is 2.09 bits per heavy atom. The fourth-order valence-electron chi connectivity index (χ4n) is 1.12. The van der Waals surface area contributed by atoms with E-state index in [0.717, 1.165) is 6.42 Å². The van der Waals surface area contributed by atoms with Gasteiger partial charge in [0, 0.05) is 0 Å². The van der Waals surface area contributed by atoms with Gasteiger partial charge in [0.05, 0.1) is 18.0 Å². The number of rotatable bonds is 1. The van der Waals surface area contributed by atoms with E-state index in [1.54, 1.807) is 0 Å². The molecule has 2 unspecified atom stereocenters. The average molecular weight is 179 g/mol. The van der Waals surface area contributed by atoms with Gasteiger partial charge >= 0.3 is 0 Å². The zero-order chi connectivity index (χ0) is 8.48. The Balaban J connectivity index is 2.53. The average Bonchev–Trinajstić information content (AvgIpc) is 1.86. The first-order valence-electron chi connectivity index (χ1n) is 3.63. The van der Waals surface area contributed by atoms with Gasteiger partial charge in [0.1, 0.15) is 0 Å². The molecule has 4 nitrogen and oxygen atoms in total. The van der Waals surface area contributed by atoms with Crippen LogP contribution in [0.3, 0.4) is 0 Å². The lowest BCUT2D eigenvalue weighted by molar-refractivity contribution is 0.0307. The van der Waals surface area contributed by atoms with Crippen molar-refractivity contribution in [2.75, 3.05) is 6.61 Å². The molecule has 11 heavy (non-hydrogen) atoms. The van der Waals surface area contributed by atoms with Gasteiger partial charge in [-0.2, -0.15) is 0 Å². The summed E-state index contributed by atoms with van der Waals surface area (Å²) in [6.45, 7) is 2.18. The minimum absolute atomic E-state index is 0.174. The topological polar surface area (TPSA) is 69.4 Å². The molecular formula is C6H13NO3S. The summed E-state index contributed by atoms with van der Waals surface area (Å²) < 4.78 is 26.7. The van der Waals surface area contributed by atoms with Crippen LogP contribution in [0.1, 0.15) is 19.8 Å². The minimum atomic E-state index is -3.37. The van der Waals surface area contributed by atoms with Gasteiger partial charge in [0.2, 0.25) is 10.0 Å². The summed E-state index contributed by atoms with van der Waals surface area (Å²) in [6, 6.07) is 0. The van der Waals surface area contributed by atoms with Crippen LogP contribution in [0, 0.1) is 0 Å². The summed E-state index contributed by atoms with van der Waals surface area (Å²) in [5.74, 6) is 0. The minimum Gasteiger partial charge on any atom is -0.377 e. The van der Waals surface area contributed by atoms with Gasteiger partial charge in [-0.3, -0.25) is 0 Å². The standard InChI is InChI=1S/C6H13NO3S/c1-5-2-3-6(4-10-5)11(7,8)9/h5-6H,2-4H2,1H3,(H2,7,8,9). The van der Waals surface area contributed by atoms with Gasteiger partial charge < -0.3 is 4.74 Å². The zero-order valence-electron chi connectivity index (χ0n) is 6.49. The van der Waals surface area contributed by atoms with Crippen LogP contribution < -0.4 is 5.14 Å². The Hall–Kier alpha value is -0.130. The molecule has 1 aliphatic heterocycles. The molecule has 0 spiro atoms. The van der Waals surface area contributed by atoms with Crippen LogP contribution in [0.15, 0.2) is 0 Å². The molecule has 5 heteroatoms. The molecule has 0 bridgehead atoms. The highest BCUT2D eigenvalue weighted by atomic mass is 32.2. The van der Waals surface area contributed by atoms with Gasteiger partial charge in [-0.25, -0.2) is 13.6 Å². The Bertz CT molecular complexity index is 216. The van der Waals surface area contributed by atoms with Crippen molar-refractivity contribution in [3.05, 3.63) is 0 Å². The molecule has 1 rings (SSSR count). The molecule has 0 amide bonds. The number of hydrogen-bond acceptors (Lipinski definition) is 3. The molecule has 0 saturated carbocycles. The van der Waals surface area contributed by atoms with Crippen LogP contribution in [0.2, 0.25) is 0 Å². The largest absolute Gasteiger partial charge is 0.377 e. The van der Waals surface area contributed by atoms with Crippen LogP contribution in [-0.4, -0.2) is 26.4 Å². The summed E-state index contributed by atoms with van der Waals surface area (Å²) in [5.41, 5.74) is 0. The lowest BCUT2D eigenvalue weighted by Crippen LogP contribution is -2.37. The Labute approximate surface area is 66.8 Å². The van der Waals surface area contributed by atoms with E-state index < -0.39 is 15.3 Å². The van der Waals surface area contributed by atoms with E-state index in [9.17, 15) is 8.42 Å². The smallest absolute Gasteiger partial charge is 0.214 e. The highest BCUT2D eigenvalue weighted by Gasteiger charge is 2.26. The monoisotopic (exact) mass is 179 g/mol. The van der Waals surface area contributed by atoms with Crippen molar-refractivity contribution in [1.29, 1.82) is 0 Å². The lowest BCUT2D eigenvalue weighted by atomic mass is 10.1. The zero-order valence-corrected chi connectivity index (χ0v) is 7.30. The summed E-state index contributed by atoms with van der Waals surface area (Å²) >= 11 is 0. The fraction of sp³-hybridized carbons (Fsp3) is 1.00. The third-order valence-electron chi connectivity index (χ3n) is 1.93. The highest BCUT2D eigenvalue weighted by molar-refractivity contribution is 7.89. The summed E-state index contributed by atoms with van der Waals surface area (Å²) in [4.78, 5) is 0. The van der Waals surface area contributed by atoms with Crippen molar-refractivity contribution in [2.45, 2.75) is 31.1 Å². The number of ether oxygens (including phenoxy) is 1. The molecule has 0 radical (unpaired) electrons. The maximum Gasteiger partial charge on any atom is 0.214 e. The number of nitrogens with two attached hydrogens (primary N) is 1. The van der Waals surface area contributed by atoms with Crippen LogP contribution in [0.4, 0.5) is 0 Å². The van der Waals surface area contributed by atoms with Gasteiger partial charge in [-0.05, 0) is 19.8 Å². The number of hydrogen-bond donors (Lipinski definition) is 1. The Morgan fingerprint density at radius 1 is 1.45 bits per heavy atom. The molecule has 0 aromatic heterocycles. The maximum absolute atomic E-state index is 10.8. The summed E-state index contributed by atoms with van der Waals surface area (Å²) in [5, 5.41) is 4.46. The third kappa shape index (κ3) is 2.43. The predicted octanol–water partition coefficient (Wildman–Crippen LogP) is -0.158. The second-order valence-electron chi connectivity index (χ2n) is 2.93. The first-order chi connectivity index (χ1) is 5.00.